The fourth-order valence-corrected chi connectivity index (χ4v) is 3.80. The zero-order chi connectivity index (χ0) is 20.9. The summed E-state index contributed by atoms with van der Waals surface area (Å²) >= 11 is 1.56. The van der Waals surface area contributed by atoms with Crippen LogP contribution in [0.1, 0.15) is 10.7 Å². The van der Waals surface area contributed by atoms with Gasteiger partial charge in [-0.15, -0.1) is 11.3 Å². The lowest BCUT2D eigenvalue weighted by Crippen LogP contribution is -2.35. The van der Waals surface area contributed by atoms with E-state index in [9.17, 15) is 9.59 Å². The smallest absolute Gasteiger partial charge is 0.322 e. The molecule has 0 atom stereocenters. The molecule has 2 N–H and O–H groups in total. The van der Waals surface area contributed by atoms with E-state index in [0.717, 1.165) is 4.88 Å². The zero-order valence-corrected chi connectivity index (χ0v) is 17.1. The molecular formula is C22H20N4O3S. The summed E-state index contributed by atoms with van der Waals surface area (Å²) in [4.78, 5) is 35.4. The molecule has 2 amide bonds. The SMILES string of the molecule is COc1cccc(NC(=O)N(Cc2nc3ccccc3c(=O)[nH]2)Cc2cccs2)c1. The number of aromatic amines is 1. The first kappa shape index (κ1) is 19.7. The summed E-state index contributed by atoms with van der Waals surface area (Å²) < 4.78 is 5.22. The minimum absolute atomic E-state index is 0.160. The van der Waals surface area contributed by atoms with Crippen molar-refractivity contribution in [3.05, 3.63) is 87.1 Å². The Bertz CT molecular complexity index is 1220. The lowest BCUT2D eigenvalue weighted by molar-refractivity contribution is 0.205. The standard InChI is InChI=1S/C22H20N4O3S/c1-29-16-7-4-6-15(12-16)23-22(28)26(13-17-8-5-11-30-17)14-20-24-19-10-3-2-9-18(19)21(27)25-20/h2-12H,13-14H2,1H3,(H,23,28)(H,24,25,27). The van der Waals surface area contributed by atoms with E-state index in [1.54, 1.807) is 59.7 Å². The molecule has 4 aromatic rings. The summed E-state index contributed by atoms with van der Waals surface area (Å²) in [6.45, 7) is 0.553. The van der Waals surface area contributed by atoms with Gasteiger partial charge in [-0.05, 0) is 35.7 Å². The third-order valence-electron chi connectivity index (χ3n) is 4.54. The van der Waals surface area contributed by atoms with E-state index < -0.39 is 0 Å². The second-order valence-electron chi connectivity index (χ2n) is 6.63. The van der Waals surface area contributed by atoms with E-state index in [-0.39, 0.29) is 18.1 Å². The molecule has 0 saturated carbocycles. The van der Waals surface area contributed by atoms with Crippen LogP contribution in [0.25, 0.3) is 10.9 Å². The van der Waals surface area contributed by atoms with Crippen molar-refractivity contribution in [3.63, 3.8) is 0 Å². The molecule has 0 radical (unpaired) electrons. The van der Waals surface area contributed by atoms with Gasteiger partial charge in [-0.1, -0.05) is 24.3 Å². The molecule has 152 valence electrons. The summed E-state index contributed by atoms with van der Waals surface area (Å²) in [5.74, 6) is 1.08. The maximum atomic E-state index is 13.1. The quantitative estimate of drug-likeness (QED) is 0.489. The molecule has 0 aliphatic carbocycles. The second kappa shape index (κ2) is 8.79. The number of thiophene rings is 1. The monoisotopic (exact) mass is 420 g/mol. The van der Waals surface area contributed by atoms with Gasteiger partial charge in [0, 0.05) is 16.6 Å². The number of nitrogens with one attached hydrogen (secondary N) is 2. The Hall–Kier alpha value is -3.65. The van der Waals surface area contributed by atoms with Gasteiger partial charge in [-0.25, -0.2) is 9.78 Å². The van der Waals surface area contributed by atoms with Crippen LogP contribution in [0.4, 0.5) is 10.5 Å². The van der Waals surface area contributed by atoms with Crippen LogP contribution in [-0.2, 0) is 13.1 Å². The van der Waals surface area contributed by atoms with Crippen molar-refractivity contribution in [1.82, 2.24) is 14.9 Å². The number of carbonyl (C=O) groups is 1. The lowest BCUT2D eigenvalue weighted by atomic mass is 10.2. The molecule has 0 aliphatic rings. The third-order valence-corrected chi connectivity index (χ3v) is 5.40. The summed E-state index contributed by atoms with van der Waals surface area (Å²) in [6.07, 6.45) is 0. The van der Waals surface area contributed by atoms with Crippen LogP contribution >= 0.6 is 11.3 Å². The van der Waals surface area contributed by atoms with Crippen LogP contribution < -0.4 is 15.6 Å². The molecule has 2 heterocycles. The Labute approximate surface area is 177 Å². The van der Waals surface area contributed by atoms with Crippen molar-refractivity contribution < 1.29 is 9.53 Å². The second-order valence-corrected chi connectivity index (χ2v) is 7.66. The number of amides is 2. The predicted molar refractivity (Wildman–Crippen MR) is 118 cm³/mol. The average molecular weight is 420 g/mol. The van der Waals surface area contributed by atoms with Crippen molar-refractivity contribution in [1.29, 1.82) is 0 Å². The normalized spacial score (nSPS) is 10.7. The Kier molecular flexibility index (Phi) is 5.76. The molecule has 30 heavy (non-hydrogen) atoms. The highest BCUT2D eigenvalue weighted by atomic mass is 32.1. The Morgan fingerprint density at radius 3 is 2.80 bits per heavy atom. The van der Waals surface area contributed by atoms with Gasteiger partial charge >= 0.3 is 6.03 Å². The number of anilines is 1. The van der Waals surface area contributed by atoms with Gasteiger partial charge in [0.05, 0.1) is 31.1 Å². The molecule has 0 spiro atoms. The number of ether oxygens (including phenoxy) is 1. The number of rotatable bonds is 6. The Morgan fingerprint density at radius 2 is 2.00 bits per heavy atom. The minimum atomic E-state index is -0.299. The first-order valence-corrected chi connectivity index (χ1v) is 10.2. The first-order valence-electron chi connectivity index (χ1n) is 9.32. The maximum Gasteiger partial charge on any atom is 0.322 e. The number of hydrogen-bond acceptors (Lipinski definition) is 5. The number of fused-ring (bicyclic) bond motifs is 1. The fraction of sp³-hybridized carbons (Fsp3) is 0.136. The lowest BCUT2D eigenvalue weighted by Gasteiger charge is -2.22. The Morgan fingerprint density at radius 1 is 1.13 bits per heavy atom. The number of carbonyl (C=O) groups excluding carboxylic acids is 1. The van der Waals surface area contributed by atoms with Gasteiger partial charge in [0.25, 0.3) is 5.56 Å². The number of methoxy groups -OCH3 is 1. The minimum Gasteiger partial charge on any atom is -0.497 e. The zero-order valence-electron chi connectivity index (χ0n) is 16.3. The first-order chi connectivity index (χ1) is 14.6. The molecule has 2 aromatic heterocycles. The molecule has 0 fully saturated rings. The van der Waals surface area contributed by atoms with Crippen molar-refractivity contribution >= 4 is 34.0 Å². The molecule has 0 bridgehead atoms. The predicted octanol–water partition coefficient (Wildman–Crippen LogP) is 4.23. The van der Waals surface area contributed by atoms with Gasteiger partial charge in [0.1, 0.15) is 11.6 Å². The van der Waals surface area contributed by atoms with E-state index >= 15 is 0 Å². The van der Waals surface area contributed by atoms with Crippen LogP contribution in [0, 0.1) is 0 Å². The van der Waals surface area contributed by atoms with Gasteiger partial charge in [0.2, 0.25) is 0 Å². The molecule has 4 rings (SSSR count). The number of hydrogen-bond donors (Lipinski definition) is 2. The number of urea groups is 1. The number of benzene rings is 2. The van der Waals surface area contributed by atoms with Gasteiger partial charge in [0.15, 0.2) is 0 Å². The van der Waals surface area contributed by atoms with Crippen LogP contribution in [0.15, 0.2) is 70.8 Å². The summed E-state index contributed by atoms with van der Waals surface area (Å²) in [6, 6.07) is 17.9. The van der Waals surface area contributed by atoms with E-state index in [4.69, 9.17) is 4.74 Å². The molecular weight excluding hydrogens is 400 g/mol. The molecule has 0 unspecified atom stereocenters. The van der Waals surface area contributed by atoms with Gasteiger partial charge < -0.3 is 19.9 Å². The maximum absolute atomic E-state index is 13.1. The summed E-state index contributed by atoms with van der Waals surface area (Å²) in [5.41, 5.74) is 0.996. The summed E-state index contributed by atoms with van der Waals surface area (Å²) in [7, 11) is 1.58. The van der Waals surface area contributed by atoms with Gasteiger partial charge in [-0.3, -0.25) is 4.79 Å². The van der Waals surface area contributed by atoms with Crippen molar-refractivity contribution in [2.24, 2.45) is 0 Å². The largest absolute Gasteiger partial charge is 0.497 e. The average Bonchev–Trinajstić information content (AvgIpc) is 3.26. The van der Waals surface area contributed by atoms with Crippen molar-refractivity contribution in [2.75, 3.05) is 12.4 Å². The van der Waals surface area contributed by atoms with Gasteiger partial charge in [-0.2, -0.15) is 0 Å². The van der Waals surface area contributed by atoms with Crippen molar-refractivity contribution in [3.8, 4) is 5.75 Å². The van der Waals surface area contributed by atoms with Crippen LogP contribution in [0.5, 0.6) is 5.75 Å². The molecule has 8 heteroatoms. The summed E-state index contributed by atoms with van der Waals surface area (Å²) in [5, 5.41) is 5.38. The topological polar surface area (TPSA) is 87.3 Å². The molecule has 0 saturated heterocycles. The van der Waals surface area contributed by atoms with E-state index in [1.807, 2.05) is 29.6 Å². The Balaban J connectivity index is 1.61. The number of para-hydroxylation sites is 1. The molecule has 2 aromatic carbocycles. The van der Waals surface area contributed by atoms with E-state index in [0.29, 0.717) is 34.7 Å². The molecule has 0 aliphatic heterocycles. The highest BCUT2D eigenvalue weighted by Gasteiger charge is 2.17. The van der Waals surface area contributed by atoms with E-state index in [2.05, 4.69) is 15.3 Å². The van der Waals surface area contributed by atoms with Crippen molar-refractivity contribution in [2.45, 2.75) is 13.1 Å². The number of H-pyrrole nitrogens is 1. The number of nitrogens with zero attached hydrogens (tertiary/aromatic N) is 2. The number of aromatic nitrogens is 2. The van der Waals surface area contributed by atoms with Crippen LogP contribution in [0.3, 0.4) is 0 Å². The third kappa shape index (κ3) is 4.49. The van der Waals surface area contributed by atoms with Crippen LogP contribution in [0.2, 0.25) is 0 Å². The highest BCUT2D eigenvalue weighted by Crippen LogP contribution is 2.19. The van der Waals surface area contributed by atoms with E-state index in [1.165, 1.54) is 0 Å². The van der Waals surface area contributed by atoms with Crippen LogP contribution in [-0.4, -0.2) is 28.0 Å². The fourth-order valence-electron chi connectivity index (χ4n) is 3.08. The molecule has 7 nitrogen and oxygen atoms in total. The highest BCUT2D eigenvalue weighted by molar-refractivity contribution is 7.09.